The number of nitrogens with one attached hydrogen (secondary N) is 1. The lowest BCUT2D eigenvalue weighted by Crippen LogP contribution is -2.25. The molecule has 18 heavy (non-hydrogen) atoms. The number of ether oxygens (including phenoxy) is 1. The number of hydrogen-bond donors (Lipinski definition) is 1. The maximum atomic E-state index is 11.6. The molecule has 1 rings (SSSR count). The maximum Gasteiger partial charge on any atom is 0.244 e. The Kier molecular flexibility index (Phi) is 5.92. The van der Waals surface area contributed by atoms with Crippen LogP contribution in [0.1, 0.15) is 19.4 Å². The molecule has 98 valence electrons. The van der Waals surface area contributed by atoms with Crippen LogP contribution in [-0.4, -0.2) is 19.6 Å². The van der Waals surface area contributed by atoms with Gasteiger partial charge in [0, 0.05) is 22.7 Å². The standard InChI is InChI=1S/C14H18BrNO2/c1-10(2)9-16-14(17)7-4-11-8-12(15)5-6-13(11)18-3/h4-8,10H,9H2,1-3H3,(H,16,17)/b7-4+. The van der Waals surface area contributed by atoms with Gasteiger partial charge in [0.2, 0.25) is 5.91 Å². The van der Waals surface area contributed by atoms with Crippen LogP contribution in [0.15, 0.2) is 28.7 Å². The average molecular weight is 312 g/mol. The van der Waals surface area contributed by atoms with Crippen LogP contribution in [0.4, 0.5) is 0 Å². The van der Waals surface area contributed by atoms with E-state index in [2.05, 4.69) is 35.1 Å². The summed E-state index contributed by atoms with van der Waals surface area (Å²) in [4.78, 5) is 11.6. The van der Waals surface area contributed by atoms with Crippen molar-refractivity contribution >= 4 is 27.9 Å². The van der Waals surface area contributed by atoms with E-state index < -0.39 is 0 Å². The molecule has 0 fully saturated rings. The number of carbonyl (C=O) groups is 1. The zero-order valence-corrected chi connectivity index (χ0v) is 12.5. The van der Waals surface area contributed by atoms with Gasteiger partial charge in [0.05, 0.1) is 7.11 Å². The Morgan fingerprint density at radius 2 is 2.22 bits per heavy atom. The van der Waals surface area contributed by atoms with E-state index >= 15 is 0 Å². The van der Waals surface area contributed by atoms with E-state index in [1.807, 2.05) is 18.2 Å². The molecule has 3 nitrogen and oxygen atoms in total. The van der Waals surface area contributed by atoms with Gasteiger partial charge in [-0.3, -0.25) is 4.79 Å². The summed E-state index contributed by atoms with van der Waals surface area (Å²) >= 11 is 3.39. The maximum absolute atomic E-state index is 11.6. The molecule has 1 amide bonds. The van der Waals surface area contributed by atoms with E-state index in [0.717, 1.165) is 15.8 Å². The Bertz CT molecular complexity index is 441. The zero-order chi connectivity index (χ0) is 13.5. The highest BCUT2D eigenvalue weighted by Gasteiger charge is 2.02. The number of halogens is 1. The normalized spacial score (nSPS) is 10.9. The van der Waals surface area contributed by atoms with E-state index in [0.29, 0.717) is 12.5 Å². The van der Waals surface area contributed by atoms with Crippen molar-refractivity contribution in [2.75, 3.05) is 13.7 Å². The third-order valence-corrected chi connectivity index (χ3v) is 2.78. The third kappa shape index (κ3) is 4.92. The first-order chi connectivity index (χ1) is 8.52. The molecular formula is C14H18BrNO2. The topological polar surface area (TPSA) is 38.3 Å². The first kappa shape index (κ1) is 14.8. The van der Waals surface area contributed by atoms with Crippen molar-refractivity contribution in [2.24, 2.45) is 5.92 Å². The van der Waals surface area contributed by atoms with Gasteiger partial charge in [-0.15, -0.1) is 0 Å². The Hall–Kier alpha value is -1.29. The van der Waals surface area contributed by atoms with Crippen LogP contribution in [0.2, 0.25) is 0 Å². The van der Waals surface area contributed by atoms with Crippen LogP contribution < -0.4 is 10.1 Å². The number of hydrogen-bond acceptors (Lipinski definition) is 2. The predicted molar refractivity (Wildman–Crippen MR) is 77.6 cm³/mol. The van der Waals surface area contributed by atoms with Crippen LogP contribution in [0.3, 0.4) is 0 Å². The van der Waals surface area contributed by atoms with Crippen LogP contribution in [0, 0.1) is 5.92 Å². The summed E-state index contributed by atoms with van der Waals surface area (Å²) in [5.41, 5.74) is 0.867. The fourth-order valence-corrected chi connectivity index (χ4v) is 1.74. The Morgan fingerprint density at radius 3 is 2.83 bits per heavy atom. The molecule has 0 bridgehead atoms. The van der Waals surface area contributed by atoms with E-state index in [9.17, 15) is 4.79 Å². The van der Waals surface area contributed by atoms with E-state index in [1.165, 1.54) is 6.08 Å². The van der Waals surface area contributed by atoms with Crippen LogP contribution >= 0.6 is 15.9 Å². The molecule has 0 spiro atoms. The molecule has 4 heteroatoms. The van der Waals surface area contributed by atoms with Gasteiger partial charge in [0.25, 0.3) is 0 Å². The van der Waals surface area contributed by atoms with E-state index in [4.69, 9.17) is 4.74 Å². The Labute approximate surface area is 116 Å². The molecule has 0 saturated heterocycles. The lowest BCUT2D eigenvalue weighted by Gasteiger charge is -2.06. The summed E-state index contributed by atoms with van der Waals surface area (Å²) in [6.45, 7) is 4.79. The van der Waals surface area contributed by atoms with Crippen molar-refractivity contribution in [2.45, 2.75) is 13.8 Å². The van der Waals surface area contributed by atoms with Gasteiger partial charge in [-0.05, 0) is 30.2 Å². The predicted octanol–water partition coefficient (Wildman–Crippen LogP) is 3.24. The van der Waals surface area contributed by atoms with Crippen molar-refractivity contribution in [3.8, 4) is 5.75 Å². The van der Waals surface area contributed by atoms with Gasteiger partial charge in [-0.25, -0.2) is 0 Å². The van der Waals surface area contributed by atoms with Crippen LogP contribution in [-0.2, 0) is 4.79 Å². The molecule has 0 aliphatic carbocycles. The Balaban J connectivity index is 2.71. The first-order valence-corrected chi connectivity index (χ1v) is 6.61. The first-order valence-electron chi connectivity index (χ1n) is 5.82. The highest BCUT2D eigenvalue weighted by Crippen LogP contribution is 2.23. The van der Waals surface area contributed by atoms with Gasteiger partial charge < -0.3 is 10.1 Å². The molecule has 1 N–H and O–H groups in total. The van der Waals surface area contributed by atoms with Gasteiger partial charge in [0.1, 0.15) is 5.75 Å². The number of methoxy groups -OCH3 is 1. The fourth-order valence-electron chi connectivity index (χ4n) is 1.36. The van der Waals surface area contributed by atoms with Crippen LogP contribution in [0.5, 0.6) is 5.75 Å². The summed E-state index contributed by atoms with van der Waals surface area (Å²) in [6.07, 6.45) is 3.27. The van der Waals surface area contributed by atoms with Gasteiger partial charge in [-0.2, -0.15) is 0 Å². The third-order valence-electron chi connectivity index (χ3n) is 2.29. The summed E-state index contributed by atoms with van der Waals surface area (Å²) in [7, 11) is 1.61. The Morgan fingerprint density at radius 1 is 1.50 bits per heavy atom. The van der Waals surface area contributed by atoms with Crippen molar-refractivity contribution in [1.29, 1.82) is 0 Å². The molecule has 0 unspecified atom stereocenters. The minimum atomic E-state index is -0.0919. The molecular weight excluding hydrogens is 294 g/mol. The van der Waals surface area contributed by atoms with Crippen molar-refractivity contribution in [3.05, 3.63) is 34.3 Å². The fraction of sp³-hybridized carbons (Fsp3) is 0.357. The molecule has 0 aromatic heterocycles. The minimum Gasteiger partial charge on any atom is -0.496 e. The second-order valence-electron chi connectivity index (χ2n) is 4.36. The van der Waals surface area contributed by atoms with E-state index in [-0.39, 0.29) is 5.91 Å². The molecule has 0 radical (unpaired) electrons. The van der Waals surface area contributed by atoms with Gasteiger partial charge >= 0.3 is 0 Å². The SMILES string of the molecule is COc1ccc(Br)cc1/C=C/C(=O)NCC(C)C. The van der Waals surface area contributed by atoms with E-state index in [1.54, 1.807) is 13.2 Å². The van der Waals surface area contributed by atoms with Gasteiger partial charge in [0.15, 0.2) is 0 Å². The van der Waals surface area contributed by atoms with Crippen molar-refractivity contribution in [1.82, 2.24) is 5.32 Å². The highest BCUT2D eigenvalue weighted by molar-refractivity contribution is 9.10. The average Bonchev–Trinajstić information content (AvgIpc) is 2.34. The number of benzene rings is 1. The quantitative estimate of drug-likeness (QED) is 0.848. The molecule has 1 aromatic rings. The second kappa shape index (κ2) is 7.21. The smallest absolute Gasteiger partial charge is 0.244 e. The second-order valence-corrected chi connectivity index (χ2v) is 5.27. The van der Waals surface area contributed by atoms with Crippen molar-refractivity contribution in [3.63, 3.8) is 0 Å². The van der Waals surface area contributed by atoms with Crippen LogP contribution in [0.25, 0.3) is 6.08 Å². The molecule has 1 aromatic carbocycles. The summed E-state index contributed by atoms with van der Waals surface area (Å²) < 4.78 is 6.18. The lowest BCUT2D eigenvalue weighted by atomic mass is 10.2. The summed E-state index contributed by atoms with van der Waals surface area (Å²) in [5, 5.41) is 2.83. The summed E-state index contributed by atoms with van der Waals surface area (Å²) in [5.74, 6) is 1.10. The molecule has 0 heterocycles. The molecule has 0 aliphatic rings. The molecule has 0 saturated carbocycles. The van der Waals surface area contributed by atoms with Crippen molar-refractivity contribution < 1.29 is 9.53 Å². The lowest BCUT2D eigenvalue weighted by molar-refractivity contribution is -0.116. The monoisotopic (exact) mass is 311 g/mol. The molecule has 0 atom stereocenters. The number of carbonyl (C=O) groups excluding carboxylic acids is 1. The summed E-state index contributed by atoms with van der Waals surface area (Å²) in [6, 6.07) is 5.66. The molecule has 0 aliphatic heterocycles. The largest absolute Gasteiger partial charge is 0.496 e. The number of amides is 1. The van der Waals surface area contributed by atoms with Gasteiger partial charge in [-0.1, -0.05) is 29.8 Å². The highest BCUT2D eigenvalue weighted by atomic mass is 79.9. The zero-order valence-electron chi connectivity index (χ0n) is 10.9. The minimum absolute atomic E-state index is 0.0919. The number of rotatable bonds is 5.